The van der Waals surface area contributed by atoms with Crippen LogP contribution < -0.4 is 10.6 Å². The van der Waals surface area contributed by atoms with Crippen molar-refractivity contribution in [3.05, 3.63) is 0 Å². The summed E-state index contributed by atoms with van der Waals surface area (Å²) in [6, 6.07) is -3.21. The zero-order chi connectivity index (χ0) is 50.9. The van der Waals surface area contributed by atoms with Crippen LogP contribution in [0.1, 0.15) is 20.8 Å². The van der Waals surface area contributed by atoms with Crippen LogP contribution in [0.2, 0.25) is 0 Å². The lowest BCUT2D eigenvalue weighted by Crippen LogP contribution is -2.71. The molecule has 2 amide bonds. The molecule has 0 aromatic heterocycles. The molecule has 4 aliphatic rings. The van der Waals surface area contributed by atoms with Crippen LogP contribution in [-0.2, 0) is 107 Å². The molecule has 36 nitrogen and oxygen atoms in total. The number of rotatable bonds is 28. The van der Waals surface area contributed by atoms with Gasteiger partial charge in [-0.2, -0.15) is 0 Å². The third kappa shape index (κ3) is 16.1. The number of hydrogen-bond acceptors (Lipinski definition) is 36. The topological polar surface area (TPSA) is 490 Å². The maximum atomic E-state index is 13.2. The molecule has 4 rings (SSSR count). The molecule has 0 saturated carbocycles. The molecule has 4 aliphatic heterocycles. The fourth-order valence-corrected chi connectivity index (χ4v) is 8.64. The lowest BCUT2D eigenvalue weighted by molar-refractivity contribution is -0.436. The summed E-state index contributed by atoms with van der Waals surface area (Å²) < 4.78 is 79.5. The minimum atomic E-state index is -2.39. The van der Waals surface area contributed by atoms with Crippen LogP contribution in [0, 0.1) is 0 Å². The van der Waals surface area contributed by atoms with Crippen LogP contribution in [0.5, 0.6) is 0 Å². The van der Waals surface area contributed by atoms with E-state index in [1.54, 1.807) is 0 Å². The monoisotopic (exact) mass is 1090 g/mol. The first kappa shape index (κ1) is 59.7. The molecule has 0 aromatic carbocycles. The van der Waals surface area contributed by atoms with E-state index in [9.17, 15) is 54.9 Å². The summed E-state index contributed by atoms with van der Waals surface area (Å²) >= 11 is -0.784. The van der Waals surface area contributed by atoms with Gasteiger partial charge in [-0.15, -0.1) is 17.3 Å². The molecule has 69 heavy (non-hydrogen) atoms. The summed E-state index contributed by atoms with van der Waals surface area (Å²) in [6.45, 7) is 1.55. The number of aliphatic carboxylic acids is 2. The Bertz CT molecular complexity index is 1590. The van der Waals surface area contributed by atoms with Crippen LogP contribution in [0.15, 0.2) is 0 Å². The van der Waals surface area contributed by atoms with E-state index in [1.807, 2.05) is 0 Å². The van der Waals surface area contributed by atoms with Gasteiger partial charge in [0.1, 0.15) is 67.1 Å². The van der Waals surface area contributed by atoms with E-state index in [0.717, 1.165) is 13.8 Å². The predicted molar refractivity (Wildman–Crippen MR) is 207 cm³/mol. The van der Waals surface area contributed by atoms with Gasteiger partial charge in [0.15, 0.2) is 92.6 Å². The number of carbonyl (C=O) groups is 4. The van der Waals surface area contributed by atoms with Crippen LogP contribution in [-0.4, -0.2) is 216 Å². The van der Waals surface area contributed by atoms with Crippen LogP contribution >= 0.6 is 49.3 Å². The molecule has 0 spiro atoms. The molecule has 4 heterocycles. The molecule has 0 aliphatic carbocycles. The van der Waals surface area contributed by atoms with Crippen molar-refractivity contribution in [1.82, 2.24) is 10.6 Å². The predicted octanol–water partition coefficient (Wildman–Crippen LogP) is -4.17. The lowest BCUT2D eigenvalue weighted by Gasteiger charge is -2.50. The van der Waals surface area contributed by atoms with Crippen molar-refractivity contribution in [2.75, 3.05) is 13.2 Å². The van der Waals surface area contributed by atoms with E-state index < -0.39 is 159 Å². The van der Waals surface area contributed by atoms with Crippen LogP contribution in [0.4, 0.5) is 0 Å². The van der Waals surface area contributed by atoms with Gasteiger partial charge in [-0.3, -0.25) is 26.3 Å². The Morgan fingerprint density at radius 3 is 1.33 bits per heavy atom. The molecular formula is C29H46N2O34S4. The Morgan fingerprint density at radius 1 is 0.493 bits per heavy atom. The molecule has 13 N–H and O–H groups in total. The number of aliphatic hydroxyl groups excluding tert-OH is 5. The minimum Gasteiger partial charge on any atom is -0.479 e. The highest BCUT2D eigenvalue weighted by Gasteiger charge is 2.60. The average molecular weight is 1090 g/mol. The van der Waals surface area contributed by atoms with Gasteiger partial charge in [0, 0.05) is 13.8 Å². The molecule has 4 fully saturated rings. The molecule has 4 saturated heterocycles. The Morgan fingerprint density at radius 2 is 0.884 bits per heavy atom. The van der Waals surface area contributed by atoms with Crippen LogP contribution in [0.25, 0.3) is 0 Å². The lowest BCUT2D eigenvalue weighted by atomic mass is 9.92. The van der Waals surface area contributed by atoms with Gasteiger partial charge in [-0.05, 0) is 6.92 Å². The smallest absolute Gasteiger partial charge is 0.335 e. The Balaban J connectivity index is 1.81. The van der Waals surface area contributed by atoms with Crippen molar-refractivity contribution in [2.24, 2.45) is 0 Å². The summed E-state index contributed by atoms with van der Waals surface area (Å²) in [5.41, 5.74) is 0. The Hall–Kier alpha value is -1.84. The standard InChI is InChI=1S/C29H46N2O34S4/c1-6-11(30-7(2)34)16(13(36)9(4-32)47-6)49-29-24(57-69-65-61-46)21(55-67-63-59-44)20(22(53-29)26(41)42)52-27-12(31-8(3)35)17(14(37)10(5-33)48-27)50-28-23(56-68-64-60-45)18(54-66-62-58-43)15(38)19(51-28)25(39)40/h6,9-24,27-29,32-33,36-38,43-46H,4-5H2,1-3H3,(H,30,34)(H,31,35)(H,39,40)(H,41,42). The summed E-state index contributed by atoms with van der Waals surface area (Å²) in [5, 5.41) is 129. The molecule has 0 aromatic rings. The number of ether oxygens (including phenoxy) is 7. The first-order valence-corrected chi connectivity index (χ1v) is 21.7. The van der Waals surface area contributed by atoms with Gasteiger partial charge in [0.05, 0.1) is 25.4 Å². The van der Waals surface area contributed by atoms with E-state index in [2.05, 4.69) is 48.1 Å². The molecule has 0 radical (unpaired) electrons. The molecule has 20 unspecified atom stereocenters. The van der Waals surface area contributed by atoms with Gasteiger partial charge >= 0.3 is 11.9 Å². The number of nitrogens with one attached hydrogen (secondary N) is 2. The summed E-state index contributed by atoms with van der Waals surface area (Å²) in [7, 11) is 0. The first-order valence-electron chi connectivity index (χ1n) is 19.0. The molecule has 40 heteroatoms. The molecule has 0 bridgehead atoms. The van der Waals surface area contributed by atoms with Crippen molar-refractivity contribution in [2.45, 2.75) is 143 Å². The van der Waals surface area contributed by atoms with E-state index in [0.29, 0.717) is 0 Å². The van der Waals surface area contributed by atoms with E-state index in [1.165, 1.54) is 6.92 Å². The highest BCUT2D eigenvalue weighted by atomic mass is 32.2. The molecule has 400 valence electrons. The zero-order valence-electron chi connectivity index (χ0n) is 34.9. The highest BCUT2D eigenvalue weighted by molar-refractivity contribution is 7.90. The average Bonchev–Trinajstić information content (AvgIpc) is 3.30. The summed E-state index contributed by atoms with van der Waals surface area (Å²) in [4.78, 5) is 50.5. The van der Waals surface area contributed by atoms with Crippen molar-refractivity contribution < 1.29 is 163 Å². The largest absolute Gasteiger partial charge is 0.479 e. The fraction of sp³-hybridized carbons (Fsp3) is 0.862. The minimum absolute atomic E-state index is 0.181. The van der Waals surface area contributed by atoms with E-state index >= 15 is 0 Å². The third-order valence-electron chi connectivity index (χ3n) is 9.95. The maximum Gasteiger partial charge on any atom is 0.335 e. The maximum absolute atomic E-state index is 13.2. The number of hydrogen-bond donors (Lipinski definition) is 13. The van der Waals surface area contributed by atoms with Gasteiger partial charge < -0.3 is 79.5 Å². The SMILES string of the molecule is CC(=O)NC1C(C)OC(CO)C(O)C1OC1OC(C(=O)O)C(OC2OC(CO)C(O)C(OC3OC(C(=O)O)C(O)C(OSOOO)C3OSOOO)C2NC(C)=O)C(OSOOO)C1OSOOO. The second-order valence-electron chi connectivity index (χ2n) is 14.1. The number of carbonyl (C=O) groups excluding carboxylic acids is 2. The summed E-state index contributed by atoms with van der Waals surface area (Å²) in [6.07, 6.45) is -35.5. The summed E-state index contributed by atoms with van der Waals surface area (Å²) in [5.74, 6) is -5.39. The third-order valence-corrected chi connectivity index (χ3v) is 11.6. The number of carboxylic acid groups (broad SMARTS) is 2. The number of carboxylic acids is 2. The fourth-order valence-electron chi connectivity index (χ4n) is 7.21. The first-order chi connectivity index (χ1) is 33.0. The number of aliphatic hydroxyl groups is 5. The van der Waals surface area contributed by atoms with E-state index in [-0.39, 0.29) is 49.3 Å². The van der Waals surface area contributed by atoms with Gasteiger partial charge in [-0.1, -0.05) is 20.2 Å². The quantitative estimate of drug-likeness (QED) is 0.0153. The Kier molecular flexibility index (Phi) is 25.8. The van der Waals surface area contributed by atoms with Gasteiger partial charge in [0.25, 0.3) is 0 Å². The van der Waals surface area contributed by atoms with Crippen molar-refractivity contribution in [3.8, 4) is 0 Å². The highest BCUT2D eigenvalue weighted by Crippen LogP contribution is 2.40. The normalized spacial score (nSPS) is 38.3. The van der Waals surface area contributed by atoms with Crippen LogP contribution in [0.3, 0.4) is 0 Å². The van der Waals surface area contributed by atoms with Crippen molar-refractivity contribution in [3.63, 3.8) is 0 Å². The molecular weight excluding hydrogens is 1050 g/mol. The van der Waals surface area contributed by atoms with E-state index in [4.69, 9.17) is 70.9 Å². The van der Waals surface area contributed by atoms with Gasteiger partial charge in [0.2, 0.25) is 11.8 Å². The second kappa shape index (κ2) is 29.8. The Labute approximate surface area is 402 Å². The second-order valence-corrected chi connectivity index (χ2v) is 16.0. The number of amides is 2. The molecule has 20 atom stereocenters. The zero-order valence-corrected chi connectivity index (χ0v) is 38.2. The van der Waals surface area contributed by atoms with Crippen molar-refractivity contribution in [1.29, 1.82) is 0 Å². The van der Waals surface area contributed by atoms with Gasteiger partial charge in [-0.25, -0.2) is 30.6 Å². The van der Waals surface area contributed by atoms with Crippen molar-refractivity contribution >= 4 is 73.0 Å².